The average Bonchev–Trinajstić information content (AvgIpc) is 2.34. The Morgan fingerprint density at radius 2 is 1.89 bits per heavy atom. The van der Waals surface area contributed by atoms with Crippen molar-refractivity contribution in [1.82, 2.24) is 4.98 Å². The van der Waals surface area contributed by atoms with Crippen LogP contribution < -0.4 is 16.8 Å². The average molecular weight is 242 g/mol. The highest BCUT2D eigenvalue weighted by Gasteiger charge is 2.07. The summed E-state index contributed by atoms with van der Waals surface area (Å²) in [6.45, 7) is 0. The molecule has 92 valence electrons. The van der Waals surface area contributed by atoms with Crippen LogP contribution in [0.25, 0.3) is 0 Å². The normalized spacial score (nSPS) is 10.0. The van der Waals surface area contributed by atoms with Crippen molar-refractivity contribution in [3.8, 4) is 0 Å². The number of aromatic nitrogens is 1. The molecule has 0 aliphatic carbocycles. The van der Waals surface area contributed by atoms with Crippen molar-refractivity contribution in [1.29, 1.82) is 0 Å². The van der Waals surface area contributed by atoms with Gasteiger partial charge in [-0.25, -0.2) is 0 Å². The molecule has 0 fully saturated rings. The SMILES string of the molecule is Nc1ccc(CC(=O)Nc2ccncc2)c(N)c1. The quantitative estimate of drug-likeness (QED) is 0.709. The van der Waals surface area contributed by atoms with Crippen molar-refractivity contribution < 1.29 is 4.79 Å². The van der Waals surface area contributed by atoms with E-state index in [0.29, 0.717) is 17.1 Å². The second-order valence-corrected chi connectivity index (χ2v) is 3.92. The second-order valence-electron chi connectivity index (χ2n) is 3.92. The molecular formula is C13H14N4O. The highest BCUT2D eigenvalue weighted by Crippen LogP contribution is 2.16. The molecule has 0 spiro atoms. The van der Waals surface area contributed by atoms with E-state index in [4.69, 9.17) is 11.5 Å². The first-order chi connectivity index (χ1) is 8.65. The molecule has 5 heteroatoms. The minimum absolute atomic E-state index is 0.127. The maximum atomic E-state index is 11.8. The van der Waals surface area contributed by atoms with Gasteiger partial charge >= 0.3 is 0 Å². The molecule has 0 radical (unpaired) electrons. The van der Waals surface area contributed by atoms with E-state index >= 15 is 0 Å². The number of benzene rings is 1. The molecule has 1 heterocycles. The van der Waals surface area contributed by atoms with E-state index in [2.05, 4.69) is 10.3 Å². The van der Waals surface area contributed by atoms with E-state index in [-0.39, 0.29) is 12.3 Å². The Balaban J connectivity index is 2.03. The highest BCUT2D eigenvalue weighted by molar-refractivity contribution is 5.93. The largest absolute Gasteiger partial charge is 0.399 e. The van der Waals surface area contributed by atoms with Crippen LogP contribution in [0.3, 0.4) is 0 Å². The van der Waals surface area contributed by atoms with Crippen molar-refractivity contribution in [3.63, 3.8) is 0 Å². The van der Waals surface area contributed by atoms with Crippen molar-refractivity contribution in [2.45, 2.75) is 6.42 Å². The molecule has 0 bridgehead atoms. The van der Waals surface area contributed by atoms with Gasteiger partial charge in [0.15, 0.2) is 0 Å². The molecule has 2 aromatic rings. The topological polar surface area (TPSA) is 94.0 Å². The number of carbonyl (C=O) groups excluding carboxylic acids is 1. The van der Waals surface area contributed by atoms with Crippen LogP contribution in [0.15, 0.2) is 42.7 Å². The monoisotopic (exact) mass is 242 g/mol. The van der Waals surface area contributed by atoms with Gasteiger partial charge in [-0.1, -0.05) is 6.07 Å². The summed E-state index contributed by atoms with van der Waals surface area (Å²) < 4.78 is 0. The number of amides is 1. The lowest BCUT2D eigenvalue weighted by Gasteiger charge is -2.07. The Morgan fingerprint density at radius 3 is 2.56 bits per heavy atom. The zero-order valence-electron chi connectivity index (χ0n) is 9.76. The second kappa shape index (κ2) is 5.18. The Bertz CT molecular complexity index is 554. The van der Waals surface area contributed by atoms with E-state index in [0.717, 1.165) is 5.56 Å². The third kappa shape index (κ3) is 2.98. The van der Waals surface area contributed by atoms with Gasteiger partial charge in [-0.15, -0.1) is 0 Å². The van der Waals surface area contributed by atoms with Crippen LogP contribution in [0.4, 0.5) is 17.1 Å². The number of hydrogen-bond acceptors (Lipinski definition) is 4. The fourth-order valence-corrected chi connectivity index (χ4v) is 1.59. The van der Waals surface area contributed by atoms with Gasteiger partial charge < -0.3 is 16.8 Å². The lowest BCUT2D eigenvalue weighted by atomic mass is 10.1. The van der Waals surface area contributed by atoms with Gasteiger partial charge in [-0.05, 0) is 29.8 Å². The third-order valence-corrected chi connectivity index (χ3v) is 2.49. The minimum Gasteiger partial charge on any atom is -0.399 e. The van der Waals surface area contributed by atoms with Gasteiger partial charge in [-0.3, -0.25) is 9.78 Å². The molecule has 1 aromatic heterocycles. The Labute approximate surface area is 105 Å². The summed E-state index contributed by atoms with van der Waals surface area (Å²) in [6, 6.07) is 8.59. The molecule has 0 aliphatic rings. The van der Waals surface area contributed by atoms with Crippen LogP contribution in [0.1, 0.15) is 5.56 Å². The maximum Gasteiger partial charge on any atom is 0.228 e. The molecule has 0 unspecified atom stereocenters. The molecule has 0 saturated heterocycles. The van der Waals surface area contributed by atoms with E-state index in [9.17, 15) is 4.79 Å². The van der Waals surface area contributed by atoms with E-state index in [1.54, 1.807) is 42.7 Å². The Morgan fingerprint density at radius 1 is 1.17 bits per heavy atom. The summed E-state index contributed by atoms with van der Waals surface area (Å²) in [5.74, 6) is -0.127. The van der Waals surface area contributed by atoms with Gasteiger partial charge in [0.25, 0.3) is 0 Å². The van der Waals surface area contributed by atoms with Gasteiger partial charge in [0.1, 0.15) is 0 Å². The number of anilines is 3. The third-order valence-electron chi connectivity index (χ3n) is 2.49. The Hall–Kier alpha value is -2.56. The Kier molecular flexibility index (Phi) is 3.43. The lowest BCUT2D eigenvalue weighted by molar-refractivity contribution is -0.115. The number of nitrogens with two attached hydrogens (primary N) is 2. The molecule has 5 N–H and O–H groups in total. The molecule has 2 rings (SSSR count). The molecule has 5 nitrogen and oxygen atoms in total. The van der Waals surface area contributed by atoms with Crippen molar-refractivity contribution >= 4 is 23.0 Å². The number of hydrogen-bond donors (Lipinski definition) is 3. The van der Waals surface area contributed by atoms with Crippen LogP contribution in [0.5, 0.6) is 0 Å². The summed E-state index contributed by atoms with van der Waals surface area (Å²) in [7, 11) is 0. The highest BCUT2D eigenvalue weighted by atomic mass is 16.1. The standard InChI is InChI=1S/C13H14N4O/c14-10-2-1-9(12(15)8-10)7-13(18)17-11-3-5-16-6-4-11/h1-6,8H,7,14-15H2,(H,16,17,18). The number of rotatable bonds is 3. The summed E-state index contributed by atoms with van der Waals surface area (Å²) in [4.78, 5) is 15.7. The molecule has 0 atom stereocenters. The zero-order chi connectivity index (χ0) is 13.0. The molecular weight excluding hydrogens is 228 g/mol. The number of nitrogens with one attached hydrogen (secondary N) is 1. The first-order valence-corrected chi connectivity index (χ1v) is 5.49. The van der Waals surface area contributed by atoms with Crippen molar-refractivity contribution in [2.24, 2.45) is 0 Å². The van der Waals surface area contributed by atoms with E-state index < -0.39 is 0 Å². The van der Waals surface area contributed by atoms with Crippen LogP contribution in [-0.4, -0.2) is 10.9 Å². The first kappa shape index (κ1) is 11.9. The molecule has 18 heavy (non-hydrogen) atoms. The van der Waals surface area contributed by atoms with Crippen molar-refractivity contribution in [3.05, 3.63) is 48.3 Å². The predicted molar refractivity (Wildman–Crippen MR) is 71.8 cm³/mol. The minimum atomic E-state index is -0.127. The van der Waals surface area contributed by atoms with Crippen LogP contribution >= 0.6 is 0 Å². The molecule has 1 aromatic carbocycles. The fraction of sp³-hybridized carbons (Fsp3) is 0.0769. The lowest BCUT2D eigenvalue weighted by Crippen LogP contribution is -2.15. The van der Waals surface area contributed by atoms with Gasteiger partial charge in [-0.2, -0.15) is 0 Å². The predicted octanol–water partition coefficient (Wildman–Crippen LogP) is 1.43. The number of pyridine rings is 1. The van der Waals surface area contributed by atoms with Gasteiger partial charge in [0.2, 0.25) is 5.91 Å². The summed E-state index contributed by atoms with van der Waals surface area (Å²) in [6.07, 6.45) is 3.45. The van der Waals surface area contributed by atoms with Gasteiger partial charge in [0, 0.05) is 29.5 Å². The maximum absolute atomic E-state index is 11.8. The summed E-state index contributed by atoms with van der Waals surface area (Å²) in [5, 5.41) is 2.77. The van der Waals surface area contributed by atoms with E-state index in [1.807, 2.05) is 0 Å². The number of carbonyl (C=O) groups is 1. The zero-order valence-corrected chi connectivity index (χ0v) is 9.76. The van der Waals surface area contributed by atoms with Crippen molar-refractivity contribution in [2.75, 3.05) is 16.8 Å². The summed E-state index contributed by atoms with van der Waals surface area (Å²) >= 11 is 0. The van der Waals surface area contributed by atoms with E-state index in [1.165, 1.54) is 0 Å². The molecule has 0 saturated carbocycles. The van der Waals surface area contributed by atoms with Gasteiger partial charge in [0.05, 0.1) is 6.42 Å². The van der Waals surface area contributed by atoms with Crippen LogP contribution in [-0.2, 0) is 11.2 Å². The fourth-order valence-electron chi connectivity index (χ4n) is 1.59. The first-order valence-electron chi connectivity index (χ1n) is 5.49. The smallest absolute Gasteiger partial charge is 0.228 e. The molecule has 1 amide bonds. The van der Waals surface area contributed by atoms with Crippen LogP contribution in [0.2, 0.25) is 0 Å². The van der Waals surface area contributed by atoms with Crippen LogP contribution in [0, 0.1) is 0 Å². The number of nitrogens with zero attached hydrogens (tertiary/aromatic N) is 1. The number of nitrogen functional groups attached to an aromatic ring is 2. The summed E-state index contributed by atoms with van der Waals surface area (Å²) in [5.41, 5.74) is 14.0. The molecule has 0 aliphatic heterocycles.